The van der Waals surface area contributed by atoms with Crippen LogP contribution in [-0.4, -0.2) is 9.57 Å². The van der Waals surface area contributed by atoms with E-state index in [0.29, 0.717) is 16.5 Å². The highest BCUT2D eigenvalue weighted by atomic mass is 32.2. The van der Waals surface area contributed by atoms with E-state index in [-0.39, 0.29) is 0 Å². The molecule has 0 aliphatic heterocycles. The summed E-state index contributed by atoms with van der Waals surface area (Å²) in [6.07, 6.45) is 3.83. The van der Waals surface area contributed by atoms with Gasteiger partial charge in [0.15, 0.2) is 5.17 Å². The molecule has 0 unspecified atom stereocenters. The lowest BCUT2D eigenvalue weighted by Crippen LogP contribution is -2.09. The highest BCUT2D eigenvalue weighted by Crippen LogP contribution is 2.22. The Balaban J connectivity index is 2.37. The van der Waals surface area contributed by atoms with Gasteiger partial charge in [-0.25, -0.2) is 0 Å². The van der Waals surface area contributed by atoms with Crippen LogP contribution in [0.5, 0.6) is 0 Å². The largest absolute Gasteiger partial charge is 0.377 e. The molecule has 5 nitrogen and oxygen atoms in total. The number of pyridine rings is 1. The van der Waals surface area contributed by atoms with Gasteiger partial charge in [-0.05, 0) is 17.7 Å². The van der Waals surface area contributed by atoms with Gasteiger partial charge in [0.05, 0.1) is 11.1 Å². The third kappa shape index (κ3) is 2.19. The van der Waals surface area contributed by atoms with Crippen LogP contribution in [0.1, 0.15) is 11.1 Å². The van der Waals surface area contributed by atoms with Crippen LogP contribution in [0.3, 0.4) is 0 Å². The Hall–Kier alpha value is -2.13. The van der Waals surface area contributed by atoms with Crippen LogP contribution in [0.25, 0.3) is 5.52 Å². The molecule has 86 valence electrons. The molecular weight excluding hydrogens is 234 g/mol. The summed E-state index contributed by atoms with van der Waals surface area (Å²) < 4.78 is 1.92. The molecular formula is C11H11N5S. The summed E-state index contributed by atoms with van der Waals surface area (Å²) in [6, 6.07) is 7.95. The fourth-order valence-corrected chi connectivity index (χ4v) is 2.20. The molecule has 2 aromatic rings. The molecule has 0 bridgehead atoms. The number of hydrogen-bond donors (Lipinski definition) is 2. The highest BCUT2D eigenvalue weighted by Gasteiger charge is 2.10. The van der Waals surface area contributed by atoms with Crippen molar-refractivity contribution in [3.05, 3.63) is 41.7 Å². The number of amidine groups is 1. The van der Waals surface area contributed by atoms with Crippen LogP contribution in [0.4, 0.5) is 0 Å². The number of hydrazone groups is 1. The molecule has 4 N–H and O–H groups in total. The quantitative estimate of drug-likeness (QED) is 0.360. The Morgan fingerprint density at radius 1 is 1.53 bits per heavy atom. The lowest BCUT2D eigenvalue weighted by Gasteiger charge is -1.97. The van der Waals surface area contributed by atoms with Crippen LogP contribution >= 0.6 is 11.8 Å². The average Bonchev–Trinajstić information content (AvgIpc) is 2.73. The molecule has 0 atom stereocenters. The zero-order valence-corrected chi connectivity index (χ0v) is 9.81. The lowest BCUT2D eigenvalue weighted by atomic mass is 10.2. The van der Waals surface area contributed by atoms with Crippen molar-refractivity contribution in [2.24, 2.45) is 16.7 Å². The molecule has 0 amide bonds. The fraction of sp³-hybridized carbons (Fsp3) is 0.0909. The van der Waals surface area contributed by atoms with Crippen LogP contribution in [-0.2, 0) is 5.75 Å². The smallest absolute Gasteiger partial charge is 0.177 e. The van der Waals surface area contributed by atoms with Crippen molar-refractivity contribution in [1.82, 2.24) is 4.40 Å². The summed E-state index contributed by atoms with van der Waals surface area (Å²) in [7, 11) is 0. The average molecular weight is 245 g/mol. The summed E-state index contributed by atoms with van der Waals surface area (Å²) in [5.74, 6) is 5.63. The monoisotopic (exact) mass is 245 g/mol. The van der Waals surface area contributed by atoms with Gasteiger partial charge in [-0.1, -0.05) is 17.8 Å². The van der Waals surface area contributed by atoms with Gasteiger partial charge in [0.25, 0.3) is 0 Å². The van der Waals surface area contributed by atoms with E-state index in [0.717, 1.165) is 11.1 Å². The summed E-state index contributed by atoms with van der Waals surface area (Å²) in [5, 5.41) is 12.9. The van der Waals surface area contributed by atoms with Crippen LogP contribution in [0.15, 0.2) is 35.7 Å². The van der Waals surface area contributed by atoms with Crippen molar-refractivity contribution in [2.45, 2.75) is 5.75 Å². The SMILES string of the molecule is N#Cc1c(CSC(N)=NN)cn2ccccc12. The van der Waals surface area contributed by atoms with E-state index in [9.17, 15) is 0 Å². The van der Waals surface area contributed by atoms with Crippen molar-refractivity contribution in [3.63, 3.8) is 0 Å². The van der Waals surface area contributed by atoms with Crippen molar-refractivity contribution in [3.8, 4) is 6.07 Å². The van der Waals surface area contributed by atoms with Gasteiger partial charge in [0, 0.05) is 18.1 Å². The van der Waals surface area contributed by atoms with Crippen molar-refractivity contribution >= 4 is 22.4 Å². The summed E-state index contributed by atoms with van der Waals surface area (Å²) in [5.41, 5.74) is 8.00. The first-order valence-corrected chi connectivity index (χ1v) is 5.89. The van der Waals surface area contributed by atoms with E-state index in [1.54, 1.807) is 0 Å². The molecule has 0 saturated heterocycles. The molecule has 0 fully saturated rings. The van der Waals surface area contributed by atoms with Crippen molar-refractivity contribution in [1.29, 1.82) is 5.26 Å². The Morgan fingerprint density at radius 2 is 2.35 bits per heavy atom. The number of nitrogens with zero attached hydrogens (tertiary/aromatic N) is 3. The van der Waals surface area contributed by atoms with Gasteiger partial charge >= 0.3 is 0 Å². The third-order valence-corrected chi connectivity index (χ3v) is 3.23. The Labute approximate surface area is 103 Å². The van der Waals surface area contributed by atoms with Crippen LogP contribution in [0.2, 0.25) is 0 Å². The first-order chi connectivity index (χ1) is 8.26. The molecule has 0 radical (unpaired) electrons. The maximum Gasteiger partial charge on any atom is 0.177 e. The van der Waals surface area contributed by atoms with E-state index in [1.807, 2.05) is 35.0 Å². The first kappa shape index (κ1) is 11.4. The maximum absolute atomic E-state index is 9.17. The van der Waals surface area contributed by atoms with Gasteiger partial charge < -0.3 is 16.0 Å². The second-order valence-electron chi connectivity index (χ2n) is 3.39. The molecule has 2 aromatic heterocycles. The predicted molar refractivity (Wildman–Crippen MR) is 69.2 cm³/mol. The van der Waals surface area contributed by atoms with E-state index >= 15 is 0 Å². The predicted octanol–water partition coefficient (Wildman–Crippen LogP) is 1.23. The van der Waals surface area contributed by atoms with Crippen LogP contribution in [0, 0.1) is 11.3 Å². The lowest BCUT2D eigenvalue weighted by molar-refractivity contribution is 1.18. The Kier molecular flexibility index (Phi) is 3.21. The number of aromatic nitrogens is 1. The number of fused-ring (bicyclic) bond motifs is 1. The van der Waals surface area contributed by atoms with E-state index in [1.165, 1.54) is 11.8 Å². The standard InChI is InChI=1S/C11H11N5S/c12-5-9-8(7-17-11(13)15-14)6-16-4-2-1-3-10(9)16/h1-4,6H,7,14H2,(H2,13,15). The summed E-state index contributed by atoms with van der Waals surface area (Å²) >= 11 is 1.31. The summed E-state index contributed by atoms with van der Waals surface area (Å²) in [4.78, 5) is 0. The highest BCUT2D eigenvalue weighted by molar-refractivity contribution is 8.13. The van der Waals surface area contributed by atoms with Crippen molar-refractivity contribution in [2.75, 3.05) is 0 Å². The molecule has 6 heteroatoms. The molecule has 0 saturated carbocycles. The number of rotatable bonds is 2. The first-order valence-electron chi connectivity index (χ1n) is 4.91. The maximum atomic E-state index is 9.17. The fourth-order valence-electron chi connectivity index (χ4n) is 1.60. The van der Waals surface area contributed by atoms with E-state index in [4.69, 9.17) is 16.8 Å². The number of hydrogen-bond acceptors (Lipinski definition) is 4. The second kappa shape index (κ2) is 4.80. The molecule has 0 aliphatic carbocycles. The zero-order valence-electron chi connectivity index (χ0n) is 9.00. The normalized spacial score (nSPS) is 11.6. The topological polar surface area (TPSA) is 92.6 Å². The van der Waals surface area contributed by atoms with Gasteiger partial charge in [0.2, 0.25) is 0 Å². The molecule has 2 heterocycles. The number of nitriles is 1. The third-order valence-electron chi connectivity index (χ3n) is 2.38. The molecule has 0 aliphatic rings. The van der Waals surface area contributed by atoms with Crippen molar-refractivity contribution < 1.29 is 0 Å². The molecule has 2 rings (SSSR count). The Bertz CT molecular complexity index is 608. The molecule has 17 heavy (non-hydrogen) atoms. The minimum Gasteiger partial charge on any atom is -0.377 e. The zero-order chi connectivity index (χ0) is 12.3. The van der Waals surface area contributed by atoms with Gasteiger partial charge in [-0.15, -0.1) is 0 Å². The van der Waals surface area contributed by atoms with Gasteiger partial charge in [-0.2, -0.15) is 10.4 Å². The number of nitrogens with two attached hydrogens (primary N) is 2. The minimum absolute atomic E-state index is 0.309. The Morgan fingerprint density at radius 3 is 3.06 bits per heavy atom. The van der Waals surface area contributed by atoms with E-state index in [2.05, 4.69) is 11.2 Å². The van der Waals surface area contributed by atoms with Gasteiger partial charge in [-0.3, -0.25) is 0 Å². The molecule has 0 spiro atoms. The van der Waals surface area contributed by atoms with E-state index < -0.39 is 0 Å². The number of thioether (sulfide) groups is 1. The summed E-state index contributed by atoms with van der Waals surface area (Å²) in [6.45, 7) is 0. The molecule has 0 aromatic carbocycles. The second-order valence-corrected chi connectivity index (χ2v) is 4.39. The van der Waals surface area contributed by atoms with Crippen LogP contribution < -0.4 is 11.6 Å². The van der Waals surface area contributed by atoms with Gasteiger partial charge in [0.1, 0.15) is 6.07 Å². The minimum atomic E-state index is 0.309.